The summed E-state index contributed by atoms with van der Waals surface area (Å²) in [7, 11) is 0. The van der Waals surface area contributed by atoms with Gasteiger partial charge >= 0.3 is 11.9 Å². The van der Waals surface area contributed by atoms with Crippen LogP contribution >= 0.6 is 0 Å². The van der Waals surface area contributed by atoms with E-state index in [9.17, 15) is 9.59 Å². The molecule has 1 rings (SSSR count). The number of nitrogens with one attached hydrogen (secondary N) is 1. The predicted molar refractivity (Wildman–Crippen MR) is 71.1 cm³/mol. The van der Waals surface area contributed by atoms with Crippen molar-refractivity contribution in [3.63, 3.8) is 0 Å². The summed E-state index contributed by atoms with van der Waals surface area (Å²) >= 11 is 0. The largest absolute Gasteiger partial charge is 0.481 e. The van der Waals surface area contributed by atoms with Crippen LogP contribution in [0.4, 0.5) is 0 Å². The van der Waals surface area contributed by atoms with Crippen LogP contribution in [0.25, 0.3) is 0 Å². The minimum Gasteiger partial charge on any atom is -0.481 e. The highest BCUT2D eigenvalue weighted by Crippen LogP contribution is 2.20. The molecule has 1 aliphatic heterocycles. The quantitative estimate of drug-likeness (QED) is 0.624. The Hall–Kier alpha value is -1.14. The zero-order valence-electron chi connectivity index (χ0n) is 11.6. The van der Waals surface area contributed by atoms with Gasteiger partial charge in [-0.3, -0.25) is 14.5 Å². The molecule has 6 heteroatoms. The van der Waals surface area contributed by atoms with E-state index in [1.54, 1.807) is 0 Å². The normalized spacial score (nSPS) is 24.6. The molecule has 0 bridgehead atoms. The van der Waals surface area contributed by atoms with Crippen molar-refractivity contribution in [2.75, 3.05) is 26.2 Å². The molecular formula is C13H24N2O4. The van der Waals surface area contributed by atoms with Crippen LogP contribution in [0.3, 0.4) is 0 Å². The average Bonchev–Trinajstić information content (AvgIpc) is 2.24. The average molecular weight is 272 g/mol. The van der Waals surface area contributed by atoms with Crippen molar-refractivity contribution in [1.29, 1.82) is 0 Å². The summed E-state index contributed by atoms with van der Waals surface area (Å²) in [6.45, 7) is 6.30. The first-order valence-corrected chi connectivity index (χ1v) is 6.76. The van der Waals surface area contributed by atoms with Crippen molar-refractivity contribution in [2.45, 2.75) is 32.7 Å². The molecule has 0 aromatic carbocycles. The lowest BCUT2D eigenvalue weighted by molar-refractivity contribution is -0.139. The monoisotopic (exact) mass is 272 g/mol. The number of aliphatic carboxylic acids is 2. The summed E-state index contributed by atoms with van der Waals surface area (Å²) in [6, 6.07) is 0.180. The first kappa shape index (κ1) is 15.9. The zero-order chi connectivity index (χ0) is 14.4. The third-order valence-corrected chi connectivity index (χ3v) is 3.25. The maximum absolute atomic E-state index is 10.8. The maximum atomic E-state index is 10.8. The van der Waals surface area contributed by atoms with E-state index in [0.717, 1.165) is 13.0 Å². The Labute approximate surface area is 113 Å². The molecule has 0 aromatic heterocycles. The van der Waals surface area contributed by atoms with Gasteiger partial charge in [0.2, 0.25) is 0 Å². The molecule has 1 saturated heterocycles. The minimum atomic E-state index is -0.862. The second-order valence-corrected chi connectivity index (χ2v) is 5.79. The van der Waals surface area contributed by atoms with Crippen LogP contribution in [-0.2, 0) is 9.59 Å². The Kier molecular flexibility index (Phi) is 6.24. The summed E-state index contributed by atoms with van der Waals surface area (Å²) in [5.74, 6) is -1.13. The number of hydrogen-bond acceptors (Lipinski definition) is 4. The molecule has 6 nitrogen and oxygen atoms in total. The molecule has 1 aliphatic rings. The highest BCUT2D eigenvalue weighted by Gasteiger charge is 2.29. The number of piperidine rings is 1. The summed E-state index contributed by atoms with van der Waals surface area (Å²) in [5, 5.41) is 21.1. The van der Waals surface area contributed by atoms with Crippen LogP contribution in [0.5, 0.6) is 0 Å². The molecule has 2 atom stereocenters. The summed E-state index contributed by atoms with van der Waals surface area (Å²) in [6.07, 6.45) is 0.908. The molecule has 1 heterocycles. The molecule has 0 aliphatic carbocycles. The van der Waals surface area contributed by atoms with Gasteiger partial charge in [-0.15, -0.1) is 0 Å². The molecule has 0 aromatic rings. The Morgan fingerprint density at radius 3 is 2.47 bits per heavy atom. The van der Waals surface area contributed by atoms with Crippen molar-refractivity contribution in [1.82, 2.24) is 10.2 Å². The van der Waals surface area contributed by atoms with E-state index >= 15 is 0 Å². The lowest BCUT2D eigenvalue weighted by atomic mass is 9.91. The fourth-order valence-corrected chi connectivity index (χ4v) is 2.57. The topological polar surface area (TPSA) is 89.9 Å². The van der Waals surface area contributed by atoms with Gasteiger partial charge in [0.05, 0.1) is 6.54 Å². The van der Waals surface area contributed by atoms with Gasteiger partial charge < -0.3 is 15.5 Å². The van der Waals surface area contributed by atoms with E-state index in [4.69, 9.17) is 10.2 Å². The number of carbonyl (C=O) groups is 2. The van der Waals surface area contributed by atoms with E-state index < -0.39 is 11.9 Å². The molecule has 0 spiro atoms. The van der Waals surface area contributed by atoms with Crippen molar-refractivity contribution in [3.8, 4) is 0 Å². The van der Waals surface area contributed by atoms with Gasteiger partial charge in [-0.25, -0.2) is 0 Å². The first-order valence-electron chi connectivity index (χ1n) is 6.76. The molecule has 2 unspecified atom stereocenters. The van der Waals surface area contributed by atoms with Gasteiger partial charge in [0, 0.05) is 25.6 Å². The molecule has 0 saturated carbocycles. The number of carboxylic acid groups (broad SMARTS) is 2. The van der Waals surface area contributed by atoms with Crippen LogP contribution < -0.4 is 5.32 Å². The second kappa shape index (κ2) is 7.45. The third kappa shape index (κ3) is 6.54. The Balaban J connectivity index is 2.55. The molecule has 1 fully saturated rings. The standard InChI is InChI=1S/C13H24N2O4/c1-9(2)5-14-11-3-10(4-12(16)17)6-15(7-11)8-13(18)19/h9-11,14H,3-8H2,1-2H3,(H,16,17)(H,18,19). The lowest BCUT2D eigenvalue weighted by Gasteiger charge is -2.37. The molecule has 3 N–H and O–H groups in total. The van der Waals surface area contributed by atoms with Crippen LogP contribution in [-0.4, -0.2) is 59.3 Å². The van der Waals surface area contributed by atoms with E-state index in [1.807, 2.05) is 4.90 Å². The van der Waals surface area contributed by atoms with E-state index in [2.05, 4.69) is 19.2 Å². The van der Waals surface area contributed by atoms with Gasteiger partial charge in [-0.05, 0) is 24.8 Å². The first-order chi connectivity index (χ1) is 8.86. The Morgan fingerprint density at radius 2 is 1.95 bits per heavy atom. The zero-order valence-corrected chi connectivity index (χ0v) is 11.6. The van der Waals surface area contributed by atoms with Gasteiger partial charge in [0.25, 0.3) is 0 Å². The van der Waals surface area contributed by atoms with Crippen molar-refractivity contribution < 1.29 is 19.8 Å². The van der Waals surface area contributed by atoms with Gasteiger partial charge in [0.1, 0.15) is 0 Å². The molecule has 110 valence electrons. The highest BCUT2D eigenvalue weighted by molar-refractivity contribution is 5.69. The van der Waals surface area contributed by atoms with E-state index in [1.165, 1.54) is 0 Å². The Bertz CT molecular complexity index is 296. The number of carboxylic acids is 2. The number of likely N-dealkylation sites (tertiary alicyclic amines) is 1. The molecular weight excluding hydrogens is 248 g/mol. The van der Waals surface area contributed by atoms with E-state index in [-0.39, 0.29) is 24.9 Å². The molecule has 0 radical (unpaired) electrons. The highest BCUT2D eigenvalue weighted by atomic mass is 16.4. The summed E-state index contributed by atoms with van der Waals surface area (Å²) in [4.78, 5) is 23.4. The fourth-order valence-electron chi connectivity index (χ4n) is 2.57. The lowest BCUT2D eigenvalue weighted by Crippen LogP contribution is -2.51. The van der Waals surface area contributed by atoms with E-state index in [0.29, 0.717) is 19.0 Å². The fraction of sp³-hybridized carbons (Fsp3) is 0.846. The van der Waals surface area contributed by atoms with Gasteiger partial charge in [-0.1, -0.05) is 13.8 Å². The second-order valence-electron chi connectivity index (χ2n) is 5.79. The number of rotatable bonds is 7. The molecule has 19 heavy (non-hydrogen) atoms. The SMILES string of the molecule is CC(C)CNC1CC(CC(=O)O)CN(CC(=O)O)C1. The summed E-state index contributed by atoms with van der Waals surface area (Å²) in [5.41, 5.74) is 0. The third-order valence-electron chi connectivity index (χ3n) is 3.25. The van der Waals surface area contributed by atoms with Gasteiger partial charge in [0.15, 0.2) is 0 Å². The Morgan fingerprint density at radius 1 is 1.26 bits per heavy atom. The number of nitrogens with zero attached hydrogens (tertiary/aromatic N) is 1. The van der Waals surface area contributed by atoms with Crippen LogP contribution in [0.2, 0.25) is 0 Å². The van der Waals surface area contributed by atoms with Crippen molar-refractivity contribution in [2.24, 2.45) is 11.8 Å². The van der Waals surface area contributed by atoms with Crippen LogP contribution in [0.15, 0.2) is 0 Å². The van der Waals surface area contributed by atoms with Crippen LogP contribution in [0.1, 0.15) is 26.7 Å². The minimum absolute atomic E-state index is 0.0179. The van der Waals surface area contributed by atoms with Crippen LogP contribution in [0, 0.1) is 11.8 Å². The van der Waals surface area contributed by atoms with Crippen molar-refractivity contribution in [3.05, 3.63) is 0 Å². The molecule has 0 amide bonds. The smallest absolute Gasteiger partial charge is 0.317 e. The predicted octanol–water partition coefficient (Wildman–Crippen LogP) is 0.482. The summed E-state index contributed by atoms with van der Waals surface area (Å²) < 4.78 is 0. The maximum Gasteiger partial charge on any atom is 0.317 e. The number of hydrogen-bond donors (Lipinski definition) is 3. The van der Waals surface area contributed by atoms with Gasteiger partial charge in [-0.2, -0.15) is 0 Å². The van der Waals surface area contributed by atoms with Crippen molar-refractivity contribution >= 4 is 11.9 Å².